The smallest absolute Gasteiger partial charge is 0.261 e. The number of nitrogens with zero attached hydrogens (tertiary/aromatic N) is 1. The van der Waals surface area contributed by atoms with Gasteiger partial charge in [0.2, 0.25) is 0 Å². The molecule has 1 amide bonds. The maximum atomic E-state index is 12.9. The summed E-state index contributed by atoms with van der Waals surface area (Å²) in [5, 5.41) is 3.44. The van der Waals surface area contributed by atoms with Crippen molar-refractivity contribution in [2.45, 2.75) is 17.7 Å². The molecule has 0 radical (unpaired) electrons. The second kappa shape index (κ2) is 7.93. The molecule has 2 saturated heterocycles. The molecule has 0 spiro atoms. The number of hydrogen-bond acceptors (Lipinski definition) is 4. The van der Waals surface area contributed by atoms with Crippen molar-refractivity contribution in [1.82, 2.24) is 10.2 Å². The monoisotopic (exact) mass is 399 g/mol. The van der Waals surface area contributed by atoms with Crippen LogP contribution in [0.3, 0.4) is 0 Å². The maximum Gasteiger partial charge on any atom is 0.261 e. The molecule has 6 nitrogen and oxygen atoms in total. The van der Waals surface area contributed by atoms with E-state index in [0.29, 0.717) is 23.1 Å². The molecule has 0 unspecified atom stereocenters. The molecule has 2 atom stereocenters. The zero-order valence-corrected chi connectivity index (χ0v) is 16.5. The van der Waals surface area contributed by atoms with Gasteiger partial charge in [0.15, 0.2) is 0 Å². The molecular formula is C21H25N3O3S. The Labute approximate surface area is 166 Å². The number of hydrogen-bond donors (Lipinski definition) is 2. The van der Waals surface area contributed by atoms with Crippen LogP contribution in [0.5, 0.6) is 0 Å². The molecule has 0 aromatic heterocycles. The summed E-state index contributed by atoms with van der Waals surface area (Å²) in [7, 11) is -3.68. The van der Waals surface area contributed by atoms with Gasteiger partial charge < -0.3 is 10.2 Å². The SMILES string of the molecule is O=C(c1ccc(S(=O)(=O)Nc2ccccc2)cc1)N1CC[C@@H]2CNC[C@@H]2CC1. The number of amides is 1. The van der Waals surface area contributed by atoms with Crippen LogP contribution in [0.2, 0.25) is 0 Å². The van der Waals surface area contributed by atoms with E-state index >= 15 is 0 Å². The third kappa shape index (κ3) is 4.05. The number of anilines is 1. The minimum absolute atomic E-state index is 0.0205. The van der Waals surface area contributed by atoms with Crippen molar-refractivity contribution in [2.24, 2.45) is 11.8 Å². The lowest BCUT2D eigenvalue weighted by Gasteiger charge is -2.21. The van der Waals surface area contributed by atoms with Gasteiger partial charge in [0.25, 0.3) is 15.9 Å². The summed E-state index contributed by atoms with van der Waals surface area (Å²) < 4.78 is 27.6. The molecule has 28 heavy (non-hydrogen) atoms. The third-order valence-electron chi connectivity index (χ3n) is 5.74. The molecule has 0 saturated carbocycles. The van der Waals surface area contributed by atoms with Gasteiger partial charge in [-0.25, -0.2) is 8.42 Å². The predicted molar refractivity (Wildman–Crippen MR) is 109 cm³/mol. The van der Waals surface area contributed by atoms with Gasteiger partial charge in [-0.1, -0.05) is 18.2 Å². The molecule has 0 aliphatic carbocycles. The Morgan fingerprint density at radius 1 is 0.929 bits per heavy atom. The quantitative estimate of drug-likeness (QED) is 0.828. The first-order chi connectivity index (χ1) is 13.5. The molecule has 2 aliphatic heterocycles. The molecule has 2 aliphatic rings. The molecule has 2 heterocycles. The van der Waals surface area contributed by atoms with E-state index in [1.54, 1.807) is 36.4 Å². The molecule has 7 heteroatoms. The largest absolute Gasteiger partial charge is 0.339 e. The second-order valence-corrected chi connectivity index (χ2v) is 9.23. The average molecular weight is 400 g/mol. The highest BCUT2D eigenvalue weighted by Crippen LogP contribution is 2.28. The maximum absolute atomic E-state index is 12.9. The van der Waals surface area contributed by atoms with Gasteiger partial charge in [0.05, 0.1) is 4.90 Å². The van der Waals surface area contributed by atoms with E-state index in [1.165, 1.54) is 12.1 Å². The molecule has 0 bridgehead atoms. The fourth-order valence-corrected chi connectivity index (χ4v) is 5.16. The Hall–Kier alpha value is -2.38. The summed E-state index contributed by atoms with van der Waals surface area (Å²) in [5.41, 5.74) is 1.04. The molecule has 2 aromatic rings. The lowest BCUT2D eigenvalue weighted by Crippen LogP contribution is -2.32. The lowest BCUT2D eigenvalue weighted by molar-refractivity contribution is 0.0758. The number of likely N-dealkylation sites (tertiary alicyclic amines) is 1. The van der Waals surface area contributed by atoms with Crippen molar-refractivity contribution >= 4 is 21.6 Å². The Balaban J connectivity index is 1.44. The summed E-state index contributed by atoms with van der Waals surface area (Å²) in [6.07, 6.45) is 2.05. The number of benzene rings is 2. The average Bonchev–Trinajstić information content (AvgIpc) is 3.06. The number of nitrogens with one attached hydrogen (secondary N) is 2. The minimum atomic E-state index is -3.68. The van der Waals surface area contributed by atoms with Crippen molar-refractivity contribution in [1.29, 1.82) is 0 Å². The normalized spacial score (nSPS) is 22.4. The van der Waals surface area contributed by atoms with Crippen molar-refractivity contribution in [2.75, 3.05) is 30.9 Å². The van der Waals surface area contributed by atoms with Crippen LogP contribution in [0.1, 0.15) is 23.2 Å². The zero-order chi connectivity index (χ0) is 19.6. The van der Waals surface area contributed by atoms with Gasteiger partial charge in [-0.2, -0.15) is 0 Å². The van der Waals surface area contributed by atoms with E-state index in [0.717, 1.165) is 39.0 Å². The van der Waals surface area contributed by atoms with Gasteiger partial charge in [0, 0.05) is 24.3 Å². The Bertz CT molecular complexity index is 915. The summed E-state index contributed by atoms with van der Waals surface area (Å²) in [4.78, 5) is 14.9. The number of carbonyl (C=O) groups excluding carboxylic acids is 1. The number of carbonyl (C=O) groups is 1. The standard InChI is InChI=1S/C21H25N3O3S/c25-21(24-12-10-17-14-22-15-18(17)11-13-24)16-6-8-20(9-7-16)28(26,27)23-19-4-2-1-3-5-19/h1-9,17-18,22-23H,10-15H2/t17-,18+. The van der Waals surface area contributed by atoms with E-state index in [4.69, 9.17) is 0 Å². The molecule has 2 aromatic carbocycles. The van der Waals surface area contributed by atoms with Crippen molar-refractivity contribution < 1.29 is 13.2 Å². The van der Waals surface area contributed by atoms with Crippen LogP contribution in [0, 0.1) is 11.8 Å². The van der Waals surface area contributed by atoms with E-state index in [1.807, 2.05) is 11.0 Å². The van der Waals surface area contributed by atoms with Crippen LogP contribution in [-0.4, -0.2) is 45.4 Å². The topological polar surface area (TPSA) is 78.5 Å². The Morgan fingerprint density at radius 2 is 1.54 bits per heavy atom. The van der Waals surface area contributed by atoms with Gasteiger partial charge in [-0.15, -0.1) is 0 Å². The van der Waals surface area contributed by atoms with Crippen LogP contribution in [0.15, 0.2) is 59.5 Å². The minimum Gasteiger partial charge on any atom is -0.339 e. The highest BCUT2D eigenvalue weighted by molar-refractivity contribution is 7.92. The molecule has 2 N–H and O–H groups in total. The number of sulfonamides is 1. The van der Waals surface area contributed by atoms with Crippen LogP contribution in [0.4, 0.5) is 5.69 Å². The highest BCUT2D eigenvalue weighted by atomic mass is 32.2. The van der Waals surface area contributed by atoms with Crippen LogP contribution < -0.4 is 10.0 Å². The summed E-state index contributed by atoms with van der Waals surface area (Å²) in [5.74, 6) is 1.30. The summed E-state index contributed by atoms with van der Waals surface area (Å²) >= 11 is 0. The van der Waals surface area contributed by atoms with Gasteiger partial charge in [-0.05, 0) is 74.2 Å². The van der Waals surface area contributed by atoms with Crippen LogP contribution >= 0.6 is 0 Å². The number of fused-ring (bicyclic) bond motifs is 1. The van der Waals surface area contributed by atoms with Gasteiger partial charge in [0.1, 0.15) is 0 Å². The van der Waals surface area contributed by atoms with E-state index in [-0.39, 0.29) is 10.8 Å². The van der Waals surface area contributed by atoms with Crippen LogP contribution in [-0.2, 0) is 10.0 Å². The summed E-state index contributed by atoms with van der Waals surface area (Å²) in [6, 6.07) is 15.0. The Morgan fingerprint density at radius 3 is 2.14 bits per heavy atom. The predicted octanol–water partition coefficient (Wildman–Crippen LogP) is 2.56. The van der Waals surface area contributed by atoms with Crippen LogP contribution in [0.25, 0.3) is 0 Å². The fourth-order valence-electron chi connectivity index (χ4n) is 4.10. The number of rotatable bonds is 4. The Kier molecular flexibility index (Phi) is 5.37. The second-order valence-electron chi connectivity index (χ2n) is 7.54. The fraction of sp³-hybridized carbons (Fsp3) is 0.381. The first-order valence-corrected chi connectivity index (χ1v) is 11.2. The molecule has 2 fully saturated rings. The number of para-hydroxylation sites is 1. The summed E-state index contributed by atoms with van der Waals surface area (Å²) in [6.45, 7) is 3.62. The third-order valence-corrected chi connectivity index (χ3v) is 7.14. The van der Waals surface area contributed by atoms with E-state index < -0.39 is 10.0 Å². The molecular weight excluding hydrogens is 374 g/mol. The first-order valence-electron chi connectivity index (χ1n) is 9.71. The van der Waals surface area contributed by atoms with Gasteiger partial charge >= 0.3 is 0 Å². The first kappa shape index (κ1) is 19.0. The molecule has 148 valence electrons. The molecule has 4 rings (SSSR count). The van der Waals surface area contributed by atoms with Gasteiger partial charge in [-0.3, -0.25) is 9.52 Å². The highest BCUT2D eigenvalue weighted by Gasteiger charge is 2.31. The van der Waals surface area contributed by atoms with Crippen molar-refractivity contribution in [3.63, 3.8) is 0 Å². The van der Waals surface area contributed by atoms with E-state index in [2.05, 4.69) is 10.0 Å². The zero-order valence-electron chi connectivity index (χ0n) is 15.7. The van der Waals surface area contributed by atoms with Crippen molar-refractivity contribution in [3.05, 3.63) is 60.2 Å². The lowest BCUT2D eigenvalue weighted by atomic mass is 9.92. The van der Waals surface area contributed by atoms with E-state index in [9.17, 15) is 13.2 Å². The van der Waals surface area contributed by atoms with Crippen molar-refractivity contribution in [3.8, 4) is 0 Å².